The average molecular weight is 260 g/mol. The first-order valence-electron chi connectivity index (χ1n) is 5.45. The Morgan fingerprint density at radius 1 is 1.29 bits per heavy atom. The molecule has 4 nitrogen and oxygen atoms in total. The van der Waals surface area contributed by atoms with Gasteiger partial charge in [0.05, 0.1) is 14.2 Å². The molecule has 0 saturated heterocycles. The van der Waals surface area contributed by atoms with Crippen LogP contribution in [0, 0.1) is 0 Å². The van der Waals surface area contributed by atoms with Gasteiger partial charge in [0, 0.05) is 29.8 Å². The topological polar surface area (TPSA) is 50.7 Å². The first-order chi connectivity index (χ1) is 8.22. The Hall–Kier alpha value is -0.970. The molecule has 0 heterocycles. The summed E-state index contributed by atoms with van der Waals surface area (Å²) >= 11 is 5.99. The molecule has 0 atom stereocenters. The third kappa shape index (κ3) is 4.07. The minimum atomic E-state index is 0.184. The molecule has 0 fully saturated rings. The van der Waals surface area contributed by atoms with Crippen LogP contribution in [-0.4, -0.2) is 32.5 Å². The number of halogens is 1. The highest BCUT2D eigenvalue weighted by atomic mass is 35.5. The van der Waals surface area contributed by atoms with Gasteiger partial charge >= 0.3 is 0 Å². The zero-order valence-corrected chi connectivity index (χ0v) is 10.9. The van der Waals surface area contributed by atoms with Gasteiger partial charge in [-0.2, -0.15) is 0 Å². The maximum atomic E-state index is 8.68. The molecule has 0 saturated carbocycles. The summed E-state index contributed by atoms with van der Waals surface area (Å²) in [5.74, 6) is 1.31. The first kappa shape index (κ1) is 14.1. The molecule has 1 aromatic rings. The maximum absolute atomic E-state index is 8.68. The number of ether oxygens (including phenoxy) is 2. The second-order valence-electron chi connectivity index (χ2n) is 3.55. The van der Waals surface area contributed by atoms with Crippen LogP contribution in [0.25, 0.3) is 0 Å². The third-order valence-corrected chi connectivity index (χ3v) is 2.57. The summed E-state index contributed by atoms with van der Waals surface area (Å²) in [6, 6.07) is 3.56. The van der Waals surface area contributed by atoms with E-state index in [0.717, 1.165) is 18.5 Å². The van der Waals surface area contributed by atoms with E-state index >= 15 is 0 Å². The largest absolute Gasteiger partial charge is 0.493 e. The second-order valence-corrected chi connectivity index (χ2v) is 3.99. The van der Waals surface area contributed by atoms with Crippen molar-refractivity contribution in [2.24, 2.45) is 0 Å². The molecule has 1 aromatic carbocycles. The van der Waals surface area contributed by atoms with Crippen LogP contribution in [0.2, 0.25) is 5.02 Å². The highest BCUT2D eigenvalue weighted by Gasteiger charge is 2.11. The van der Waals surface area contributed by atoms with Gasteiger partial charge in [-0.05, 0) is 19.0 Å². The number of hydrogen-bond donors (Lipinski definition) is 2. The van der Waals surface area contributed by atoms with Crippen LogP contribution in [-0.2, 0) is 6.54 Å². The summed E-state index contributed by atoms with van der Waals surface area (Å²) in [7, 11) is 3.18. The predicted molar refractivity (Wildman–Crippen MR) is 68.0 cm³/mol. The molecule has 1 rings (SSSR count). The lowest BCUT2D eigenvalue weighted by Crippen LogP contribution is -2.16. The van der Waals surface area contributed by atoms with Crippen LogP contribution in [0.4, 0.5) is 0 Å². The van der Waals surface area contributed by atoms with Crippen LogP contribution < -0.4 is 14.8 Å². The normalized spacial score (nSPS) is 10.4. The van der Waals surface area contributed by atoms with Crippen molar-refractivity contribution in [3.63, 3.8) is 0 Å². The lowest BCUT2D eigenvalue weighted by Gasteiger charge is -2.13. The van der Waals surface area contributed by atoms with Gasteiger partial charge < -0.3 is 19.9 Å². The molecule has 96 valence electrons. The van der Waals surface area contributed by atoms with E-state index in [9.17, 15) is 0 Å². The smallest absolute Gasteiger partial charge is 0.165 e. The zero-order valence-electron chi connectivity index (χ0n) is 10.1. The van der Waals surface area contributed by atoms with E-state index in [0.29, 0.717) is 23.1 Å². The Bertz CT molecular complexity index is 358. The van der Waals surface area contributed by atoms with Crippen LogP contribution in [0.5, 0.6) is 11.5 Å². The molecular formula is C12H18ClNO3. The summed E-state index contributed by atoms with van der Waals surface area (Å²) in [4.78, 5) is 0. The van der Waals surface area contributed by atoms with E-state index in [2.05, 4.69) is 5.32 Å². The minimum Gasteiger partial charge on any atom is -0.493 e. The van der Waals surface area contributed by atoms with Gasteiger partial charge in [0.1, 0.15) is 0 Å². The van der Waals surface area contributed by atoms with Gasteiger partial charge in [0.25, 0.3) is 0 Å². The molecule has 0 unspecified atom stereocenters. The Labute approximate surface area is 106 Å². The molecule has 0 spiro atoms. The average Bonchev–Trinajstić information content (AvgIpc) is 2.33. The molecule has 0 radical (unpaired) electrons. The number of aliphatic hydroxyl groups excluding tert-OH is 1. The summed E-state index contributed by atoms with van der Waals surface area (Å²) in [6.45, 7) is 1.55. The van der Waals surface area contributed by atoms with E-state index in [1.807, 2.05) is 6.07 Å². The fourth-order valence-corrected chi connectivity index (χ4v) is 1.80. The summed E-state index contributed by atoms with van der Waals surface area (Å²) in [6.07, 6.45) is 0.722. The second kappa shape index (κ2) is 7.37. The summed E-state index contributed by atoms with van der Waals surface area (Å²) in [5, 5.41) is 12.5. The van der Waals surface area contributed by atoms with Gasteiger partial charge in [0.2, 0.25) is 0 Å². The number of methoxy groups -OCH3 is 2. The molecule has 0 bridgehead atoms. The third-order valence-electron chi connectivity index (χ3n) is 2.35. The van der Waals surface area contributed by atoms with Crippen molar-refractivity contribution in [3.8, 4) is 11.5 Å². The molecule has 17 heavy (non-hydrogen) atoms. The Balaban J connectivity index is 2.78. The lowest BCUT2D eigenvalue weighted by molar-refractivity contribution is 0.285. The van der Waals surface area contributed by atoms with Gasteiger partial charge in [-0.15, -0.1) is 0 Å². The predicted octanol–water partition coefficient (Wildman–Crippen LogP) is 1.83. The van der Waals surface area contributed by atoms with E-state index in [1.165, 1.54) is 0 Å². The monoisotopic (exact) mass is 259 g/mol. The quantitative estimate of drug-likeness (QED) is 0.734. The Kier molecular flexibility index (Phi) is 6.11. The van der Waals surface area contributed by atoms with Crippen LogP contribution in [0.1, 0.15) is 12.0 Å². The van der Waals surface area contributed by atoms with Crippen molar-refractivity contribution in [2.45, 2.75) is 13.0 Å². The van der Waals surface area contributed by atoms with E-state index < -0.39 is 0 Å². The fourth-order valence-electron chi connectivity index (χ4n) is 1.56. The highest BCUT2D eigenvalue weighted by molar-refractivity contribution is 6.30. The lowest BCUT2D eigenvalue weighted by atomic mass is 10.2. The number of hydrogen-bond acceptors (Lipinski definition) is 4. The highest BCUT2D eigenvalue weighted by Crippen LogP contribution is 2.34. The van der Waals surface area contributed by atoms with Gasteiger partial charge in [-0.3, -0.25) is 0 Å². The van der Waals surface area contributed by atoms with Crippen molar-refractivity contribution in [1.82, 2.24) is 5.32 Å². The SMILES string of the molecule is COc1cc(Cl)cc(CNCCCO)c1OC. The van der Waals surface area contributed by atoms with E-state index in [-0.39, 0.29) is 6.61 Å². The van der Waals surface area contributed by atoms with Crippen LogP contribution >= 0.6 is 11.6 Å². The standard InChI is InChI=1S/C12H18ClNO3/c1-16-11-7-10(13)6-9(12(11)17-2)8-14-4-3-5-15/h6-7,14-15H,3-5,8H2,1-2H3. The molecule has 0 aromatic heterocycles. The molecule has 5 heteroatoms. The van der Waals surface area contributed by atoms with E-state index in [1.54, 1.807) is 20.3 Å². The molecule has 0 amide bonds. The van der Waals surface area contributed by atoms with E-state index in [4.69, 9.17) is 26.2 Å². The number of aliphatic hydroxyl groups is 1. The molecule has 0 aliphatic carbocycles. The zero-order chi connectivity index (χ0) is 12.7. The Morgan fingerprint density at radius 3 is 2.65 bits per heavy atom. The molecule has 0 aliphatic heterocycles. The van der Waals surface area contributed by atoms with Gasteiger partial charge in [0.15, 0.2) is 11.5 Å². The maximum Gasteiger partial charge on any atom is 0.165 e. The van der Waals surface area contributed by atoms with Crippen molar-refractivity contribution in [1.29, 1.82) is 0 Å². The van der Waals surface area contributed by atoms with Crippen molar-refractivity contribution in [2.75, 3.05) is 27.4 Å². The number of rotatable bonds is 7. The molecule has 2 N–H and O–H groups in total. The number of benzene rings is 1. The molecule has 0 aliphatic rings. The minimum absolute atomic E-state index is 0.184. The summed E-state index contributed by atoms with van der Waals surface area (Å²) < 4.78 is 10.5. The van der Waals surface area contributed by atoms with Crippen molar-refractivity contribution < 1.29 is 14.6 Å². The van der Waals surface area contributed by atoms with Gasteiger partial charge in [-0.25, -0.2) is 0 Å². The van der Waals surface area contributed by atoms with Crippen LogP contribution in [0.3, 0.4) is 0 Å². The first-order valence-corrected chi connectivity index (χ1v) is 5.82. The van der Waals surface area contributed by atoms with Gasteiger partial charge in [-0.1, -0.05) is 11.6 Å². The van der Waals surface area contributed by atoms with Crippen LogP contribution in [0.15, 0.2) is 12.1 Å². The number of nitrogens with one attached hydrogen (secondary N) is 1. The summed E-state index contributed by atoms with van der Waals surface area (Å²) in [5.41, 5.74) is 0.940. The van der Waals surface area contributed by atoms with Crippen molar-refractivity contribution >= 4 is 11.6 Å². The Morgan fingerprint density at radius 2 is 2.06 bits per heavy atom. The van der Waals surface area contributed by atoms with Crippen molar-refractivity contribution in [3.05, 3.63) is 22.7 Å². The molecular weight excluding hydrogens is 242 g/mol. The fraction of sp³-hybridized carbons (Fsp3) is 0.500.